The van der Waals surface area contributed by atoms with Crippen LogP contribution in [0.1, 0.15) is 0 Å². The molecule has 3 heterocycles. The van der Waals surface area contributed by atoms with Gasteiger partial charge in [0.2, 0.25) is 20.0 Å². The molecule has 23 heavy (non-hydrogen) atoms. The highest BCUT2D eigenvalue weighted by atomic mass is 32.2. The smallest absolute Gasteiger partial charge is 0.236 e. The van der Waals surface area contributed by atoms with Crippen molar-refractivity contribution in [1.82, 2.24) is 7.94 Å². The molecule has 0 aromatic carbocycles. The standard InChI is InChI=1S/C14H14N2O4S3/c1-22(17,18)15-9-3-5-11(15)13-7-8-14(21-13)12-6-4-10-16(12)23(2,19)20/h3-10H,1-2H3. The molecule has 0 amide bonds. The second-order valence-corrected chi connectivity index (χ2v) is 9.87. The first kappa shape index (κ1) is 16.0. The Morgan fingerprint density at radius 2 is 1.13 bits per heavy atom. The molecule has 3 rings (SSSR count). The molecule has 0 fully saturated rings. The molecule has 0 atom stereocenters. The van der Waals surface area contributed by atoms with E-state index in [1.807, 2.05) is 0 Å². The van der Waals surface area contributed by atoms with E-state index in [4.69, 9.17) is 0 Å². The van der Waals surface area contributed by atoms with Crippen LogP contribution in [0.4, 0.5) is 0 Å². The van der Waals surface area contributed by atoms with Gasteiger partial charge >= 0.3 is 0 Å². The predicted molar refractivity (Wildman–Crippen MR) is 91.7 cm³/mol. The number of aromatic nitrogens is 2. The fourth-order valence-corrected chi connectivity index (χ4v) is 5.09. The molecule has 0 N–H and O–H groups in total. The highest BCUT2D eigenvalue weighted by molar-refractivity contribution is 7.89. The molecular weight excluding hydrogens is 356 g/mol. The van der Waals surface area contributed by atoms with Gasteiger partial charge in [0.15, 0.2) is 0 Å². The van der Waals surface area contributed by atoms with Crippen LogP contribution in [0.5, 0.6) is 0 Å². The molecule has 3 aromatic heterocycles. The summed E-state index contributed by atoms with van der Waals surface area (Å²) >= 11 is 1.34. The van der Waals surface area contributed by atoms with Crippen LogP contribution in [0.15, 0.2) is 48.8 Å². The maximum atomic E-state index is 11.8. The van der Waals surface area contributed by atoms with Crippen LogP contribution in [-0.2, 0) is 20.0 Å². The average molecular weight is 370 g/mol. The van der Waals surface area contributed by atoms with Gasteiger partial charge in [0.25, 0.3) is 0 Å². The van der Waals surface area contributed by atoms with Crippen molar-refractivity contribution >= 4 is 31.4 Å². The van der Waals surface area contributed by atoms with Crippen molar-refractivity contribution in [3.63, 3.8) is 0 Å². The minimum atomic E-state index is -3.39. The lowest BCUT2D eigenvalue weighted by Crippen LogP contribution is -2.09. The molecule has 0 radical (unpaired) electrons. The summed E-state index contributed by atoms with van der Waals surface area (Å²) in [4.78, 5) is 1.49. The SMILES string of the molecule is CS(=O)(=O)n1cccc1-c1ccc(-c2cccn2S(C)(=O)=O)s1. The van der Waals surface area contributed by atoms with E-state index in [2.05, 4.69) is 0 Å². The molecule has 0 bridgehead atoms. The largest absolute Gasteiger partial charge is 0.244 e. The fraction of sp³-hybridized carbons (Fsp3) is 0.143. The number of nitrogens with zero attached hydrogens (tertiary/aromatic N) is 2. The molecule has 0 saturated carbocycles. The summed E-state index contributed by atoms with van der Waals surface area (Å²) in [7, 11) is -6.78. The maximum absolute atomic E-state index is 11.8. The van der Waals surface area contributed by atoms with Crippen molar-refractivity contribution in [2.75, 3.05) is 12.5 Å². The minimum absolute atomic E-state index is 0.557. The van der Waals surface area contributed by atoms with E-state index < -0.39 is 20.0 Å². The van der Waals surface area contributed by atoms with Gasteiger partial charge in [-0.25, -0.2) is 24.8 Å². The van der Waals surface area contributed by atoms with E-state index in [9.17, 15) is 16.8 Å². The van der Waals surface area contributed by atoms with E-state index in [0.717, 1.165) is 22.3 Å². The number of thiophene rings is 1. The monoisotopic (exact) mass is 370 g/mol. The fourth-order valence-electron chi connectivity index (χ4n) is 2.31. The van der Waals surface area contributed by atoms with Crippen LogP contribution in [0.3, 0.4) is 0 Å². The van der Waals surface area contributed by atoms with E-state index in [0.29, 0.717) is 11.4 Å². The molecule has 3 aromatic rings. The molecule has 0 aliphatic rings. The molecule has 6 nitrogen and oxygen atoms in total. The van der Waals surface area contributed by atoms with Crippen LogP contribution in [0.2, 0.25) is 0 Å². The lowest BCUT2D eigenvalue weighted by molar-refractivity contribution is 0.592. The second-order valence-electron chi connectivity index (χ2n) is 5.07. The van der Waals surface area contributed by atoms with Crippen LogP contribution >= 0.6 is 11.3 Å². The second kappa shape index (κ2) is 5.36. The van der Waals surface area contributed by atoms with Crippen molar-refractivity contribution in [1.29, 1.82) is 0 Å². The third-order valence-electron chi connectivity index (χ3n) is 3.25. The van der Waals surface area contributed by atoms with Crippen LogP contribution in [-0.4, -0.2) is 37.3 Å². The van der Waals surface area contributed by atoms with E-state index in [1.165, 1.54) is 31.7 Å². The maximum Gasteiger partial charge on any atom is 0.236 e. The van der Waals surface area contributed by atoms with Gasteiger partial charge < -0.3 is 0 Å². The molecule has 122 valence electrons. The van der Waals surface area contributed by atoms with Gasteiger partial charge in [-0.1, -0.05) is 0 Å². The Kier molecular flexibility index (Phi) is 3.74. The normalized spacial score (nSPS) is 12.6. The summed E-state index contributed by atoms with van der Waals surface area (Å²) in [5.74, 6) is 0. The summed E-state index contributed by atoms with van der Waals surface area (Å²) in [5, 5.41) is 0. The topological polar surface area (TPSA) is 78.1 Å². The summed E-state index contributed by atoms with van der Waals surface area (Å²) in [6.45, 7) is 0. The molecule has 0 aliphatic heterocycles. The highest BCUT2D eigenvalue weighted by Crippen LogP contribution is 2.35. The Morgan fingerprint density at radius 3 is 1.48 bits per heavy atom. The van der Waals surface area contributed by atoms with E-state index >= 15 is 0 Å². The average Bonchev–Trinajstić information content (AvgIpc) is 3.16. The Hall–Kier alpha value is -1.84. The summed E-state index contributed by atoms with van der Waals surface area (Å²) < 4.78 is 49.6. The zero-order valence-corrected chi connectivity index (χ0v) is 14.8. The Labute approximate surface area is 138 Å². The van der Waals surface area contributed by atoms with Gasteiger partial charge in [-0.3, -0.25) is 0 Å². The Balaban J connectivity index is 2.10. The molecule has 0 saturated heterocycles. The summed E-state index contributed by atoms with van der Waals surface area (Å²) in [5.41, 5.74) is 1.11. The number of hydrogen-bond acceptors (Lipinski definition) is 5. The molecule has 0 spiro atoms. The minimum Gasteiger partial charge on any atom is -0.244 e. The summed E-state index contributed by atoms with van der Waals surface area (Å²) in [6, 6.07) is 10.3. The third kappa shape index (κ3) is 2.99. The van der Waals surface area contributed by atoms with Crippen molar-refractivity contribution in [3.8, 4) is 21.1 Å². The molecular formula is C14H14N2O4S3. The van der Waals surface area contributed by atoms with Gasteiger partial charge in [-0.15, -0.1) is 11.3 Å². The van der Waals surface area contributed by atoms with Gasteiger partial charge in [-0.2, -0.15) is 0 Å². The quantitative estimate of drug-likeness (QED) is 0.706. The predicted octanol–water partition coefficient (Wildman–Crippen LogP) is 2.30. The van der Waals surface area contributed by atoms with Crippen molar-refractivity contribution in [2.24, 2.45) is 0 Å². The number of hydrogen-bond donors (Lipinski definition) is 0. The first-order chi connectivity index (χ1) is 10.7. The van der Waals surface area contributed by atoms with Crippen LogP contribution in [0.25, 0.3) is 21.1 Å². The summed E-state index contributed by atoms with van der Waals surface area (Å²) in [6.07, 6.45) is 5.26. The first-order valence-corrected chi connectivity index (χ1v) is 11.1. The molecule has 9 heteroatoms. The van der Waals surface area contributed by atoms with Crippen LogP contribution < -0.4 is 0 Å². The van der Waals surface area contributed by atoms with Crippen molar-refractivity contribution in [2.45, 2.75) is 0 Å². The Bertz CT molecular complexity index is 984. The van der Waals surface area contributed by atoms with Crippen molar-refractivity contribution in [3.05, 3.63) is 48.8 Å². The van der Waals surface area contributed by atoms with Gasteiger partial charge in [0.1, 0.15) is 0 Å². The van der Waals surface area contributed by atoms with E-state index in [-0.39, 0.29) is 0 Å². The van der Waals surface area contributed by atoms with Gasteiger partial charge in [-0.05, 0) is 36.4 Å². The number of rotatable bonds is 4. The molecule has 0 aliphatic carbocycles. The van der Waals surface area contributed by atoms with Crippen LogP contribution in [0, 0.1) is 0 Å². The zero-order valence-electron chi connectivity index (χ0n) is 12.4. The van der Waals surface area contributed by atoms with Gasteiger partial charge in [0.05, 0.1) is 33.7 Å². The lowest BCUT2D eigenvalue weighted by atomic mass is 10.3. The van der Waals surface area contributed by atoms with Gasteiger partial charge in [0, 0.05) is 12.4 Å². The highest BCUT2D eigenvalue weighted by Gasteiger charge is 2.17. The third-order valence-corrected chi connectivity index (χ3v) is 6.45. The zero-order chi connectivity index (χ0) is 16.8. The molecule has 0 unspecified atom stereocenters. The Morgan fingerprint density at radius 1 is 0.739 bits per heavy atom. The first-order valence-electron chi connectivity index (χ1n) is 6.54. The van der Waals surface area contributed by atoms with Crippen molar-refractivity contribution < 1.29 is 16.8 Å². The van der Waals surface area contributed by atoms with E-state index in [1.54, 1.807) is 36.4 Å². The lowest BCUT2D eigenvalue weighted by Gasteiger charge is -2.05.